The minimum Gasteiger partial charge on any atom is -0.322 e. The van der Waals surface area contributed by atoms with Gasteiger partial charge in [-0.3, -0.25) is 14.9 Å². The molecule has 0 spiro atoms. The molecule has 4 rings (SSSR count). The van der Waals surface area contributed by atoms with Crippen molar-refractivity contribution in [2.75, 3.05) is 5.32 Å². The highest BCUT2D eigenvalue weighted by Gasteiger charge is 2.15. The van der Waals surface area contributed by atoms with Crippen molar-refractivity contribution in [1.82, 2.24) is 4.98 Å². The molecule has 7 heteroatoms. The van der Waals surface area contributed by atoms with E-state index < -0.39 is 10.8 Å². The average molecular weight is 403 g/mol. The van der Waals surface area contributed by atoms with E-state index in [0.29, 0.717) is 11.3 Å². The van der Waals surface area contributed by atoms with Crippen LogP contribution in [0.25, 0.3) is 20.8 Å². The van der Waals surface area contributed by atoms with Crippen molar-refractivity contribution in [3.63, 3.8) is 0 Å². The number of amides is 1. The predicted molar refractivity (Wildman–Crippen MR) is 116 cm³/mol. The Hall–Kier alpha value is -3.58. The van der Waals surface area contributed by atoms with E-state index in [4.69, 9.17) is 0 Å². The number of rotatable bonds is 4. The van der Waals surface area contributed by atoms with Crippen LogP contribution in [0, 0.1) is 24.0 Å². The van der Waals surface area contributed by atoms with Crippen molar-refractivity contribution in [1.29, 1.82) is 0 Å². The van der Waals surface area contributed by atoms with E-state index in [9.17, 15) is 14.9 Å². The van der Waals surface area contributed by atoms with Crippen molar-refractivity contribution in [2.45, 2.75) is 13.8 Å². The van der Waals surface area contributed by atoms with Gasteiger partial charge in [-0.05, 0) is 61.9 Å². The first kappa shape index (κ1) is 18.8. The van der Waals surface area contributed by atoms with E-state index in [-0.39, 0.29) is 11.3 Å². The molecule has 1 N–H and O–H groups in total. The van der Waals surface area contributed by atoms with Gasteiger partial charge in [-0.1, -0.05) is 12.1 Å². The first-order valence-corrected chi connectivity index (χ1v) is 9.76. The molecule has 29 heavy (non-hydrogen) atoms. The number of anilines is 1. The fourth-order valence-electron chi connectivity index (χ4n) is 3.00. The molecule has 4 aromatic rings. The lowest BCUT2D eigenvalue weighted by atomic mass is 10.1. The molecule has 0 aliphatic rings. The number of hydrogen-bond acceptors (Lipinski definition) is 5. The van der Waals surface area contributed by atoms with Crippen LogP contribution >= 0.6 is 11.3 Å². The van der Waals surface area contributed by atoms with Gasteiger partial charge in [0.05, 0.1) is 15.1 Å². The summed E-state index contributed by atoms with van der Waals surface area (Å²) >= 11 is 1.62. The molecule has 144 valence electrons. The number of nitro groups is 1. The van der Waals surface area contributed by atoms with Gasteiger partial charge >= 0.3 is 0 Å². The maximum atomic E-state index is 12.5. The Bertz CT molecular complexity index is 1250. The van der Waals surface area contributed by atoms with Crippen molar-refractivity contribution < 1.29 is 9.72 Å². The maximum absolute atomic E-state index is 12.5. The number of aromatic nitrogens is 1. The molecule has 0 radical (unpaired) electrons. The van der Waals surface area contributed by atoms with Crippen molar-refractivity contribution in [3.8, 4) is 10.6 Å². The minimum absolute atomic E-state index is 0.0703. The first-order chi connectivity index (χ1) is 13.9. The SMILES string of the molecule is Cc1ccc2nc(-c3ccc(NC(=O)c4ccc(C)c([N+](=O)[O-])c4)cc3)sc2c1. The Balaban J connectivity index is 1.54. The van der Waals surface area contributed by atoms with E-state index in [2.05, 4.69) is 23.3 Å². The summed E-state index contributed by atoms with van der Waals surface area (Å²) in [6.07, 6.45) is 0. The largest absolute Gasteiger partial charge is 0.322 e. The van der Waals surface area contributed by atoms with E-state index in [1.807, 2.05) is 24.3 Å². The third kappa shape index (κ3) is 3.86. The zero-order chi connectivity index (χ0) is 20.5. The Kier molecular flexibility index (Phi) is 4.82. The van der Waals surface area contributed by atoms with Gasteiger partial charge in [0.15, 0.2) is 0 Å². The third-order valence-electron chi connectivity index (χ3n) is 4.60. The number of thiazole rings is 1. The zero-order valence-electron chi connectivity index (χ0n) is 15.8. The highest BCUT2D eigenvalue weighted by molar-refractivity contribution is 7.21. The highest BCUT2D eigenvalue weighted by Crippen LogP contribution is 2.31. The molecule has 3 aromatic carbocycles. The number of nitrogens with zero attached hydrogens (tertiary/aromatic N) is 2. The number of fused-ring (bicyclic) bond motifs is 1. The molecule has 0 aliphatic heterocycles. The molecule has 1 heterocycles. The van der Waals surface area contributed by atoms with Gasteiger partial charge in [-0.2, -0.15) is 0 Å². The lowest BCUT2D eigenvalue weighted by molar-refractivity contribution is -0.385. The Morgan fingerprint density at radius 2 is 1.79 bits per heavy atom. The smallest absolute Gasteiger partial charge is 0.273 e. The monoisotopic (exact) mass is 403 g/mol. The molecule has 0 bridgehead atoms. The van der Waals surface area contributed by atoms with Crippen LogP contribution in [0.4, 0.5) is 11.4 Å². The molecule has 0 saturated carbocycles. The maximum Gasteiger partial charge on any atom is 0.273 e. The summed E-state index contributed by atoms with van der Waals surface area (Å²) in [7, 11) is 0. The molecule has 0 fully saturated rings. The fourth-order valence-corrected chi connectivity index (χ4v) is 4.07. The van der Waals surface area contributed by atoms with Crippen LogP contribution in [0.1, 0.15) is 21.5 Å². The number of hydrogen-bond donors (Lipinski definition) is 1. The normalized spacial score (nSPS) is 10.8. The van der Waals surface area contributed by atoms with E-state index in [1.165, 1.54) is 11.6 Å². The molecule has 0 saturated heterocycles. The van der Waals surface area contributed by atoms with Gasteiger partial charge in [0.2, 0.25) is 0 Å². The predicted octanol–water partition coefficient (Wildman–Crippen LogP) is 5.74. The van der Waals surface area contributed by atoms with E-state index in [1.54, 1.807) is 42.5 Å². The Labute approximate surface area is 171 Å². The molecule has 0 aliphatic carbocycles. The number of nitrogens with one attached hydrogen (secondary N) is 1. The minimum atomic E-state index is -0.486. The number of aryl methyl sites for hydroxylation is 2. The van der Waals surface area contributed by atoms with Crippen LogP contribution in [-0.4, -0.2) is 15.8 Å². The van der Waals surface area contributed by atoms with Gasteiger partial charge in [-0.15, -0.1) is 11.3 Å². The van der Waals surface area contributed by atoms with Gasteiger partial charge < -0.3 is 5.32 Å². The van der Waals surface area contributed by atoms with Crippen molar-refractivity contribution >= 4 is 38.8 Å². The zero-order valence-corrected chi connectivity index (χ0v) is 16.6. The van der Waals surface area contributed by atoms with Crippen LogP contribution in [0.15, 0.2) is 60.7 Å². The fraction of sp³-hybridized carbons (Fsp3) is 0.0909. The topological polar surface area (TPSA) is 85.1 Å². The highest BCUT2D eigenvalue weighted by atomic mass is 32.1. The molecule has 6 nitrogen and oxygen atoms in total. The molecule has 0 unspecified atom stereocenters. The quantitative estimate of drug-likeness (QED) is 0.348. The first-order valence-electron chi connectivity index (χ1n) is 8.95. The molecule has 1 amide bonds. The molecule has 0 atom stereocenters. The van der Waals surface area contributed by atoms with Crippen molar-refractivity contribution in [2.24, 2.45) is 0 Å². The summed E-state index contributed by atoms with van der Waals surface area (Å²) in [6, 6.07) is 18.0. The van der Waals surface area contributed by atoms with Crippen molar-refractivity contribution in [3.05, 3.63) is 87.5 Å². The standard InChI is InChI=1S/C22H17N3O3S/c1-13-3-10-18-20(11-13)29-22(24-18)15-6-8-17(9-7-15)23-21(26)16-5-4-14(2)19(12-16)25(27)28/h3-12H,1-2H3,(H,23,26). The second kappa shape index (κ2) is 7.44. The summed E-state index contributed by atoms with van der Waals surface area (Å²) in [5.74, 6) is -0.392. The van der Waals surface area contributed by atoms with Crippen LogP contribution in [0.2, 0.25) is 0 Å². The molecular formula is C22H17N3O3S. The third-order valence-corrected chi connectivity index (χ3v) is 5.67. The summed E-state index contributed by atoms with van der Waals surface area (Å²) in [5, 5.41) is 14.8. The second-order valence-electron chi connectivity index (χ2n) is 6.78. The van der Waals surface area contributed by atoms with Gasteiger partial charge in [0.25, 0.3) is 11.6 Å². The second-order valence-corrected chi connectivity index (χ2v) is 7.81. The lowest BCUT2D eigenvalue weighted by Gasteiger charge is -2.07. The van der Waals surface area contributed by atoms with E-state index >= 15 is 0 Å². The molecular weight excluding hydrogens is 386 g/mol. The van der Waals surface area contributed by atoms with Crippen LogP contribution < -0.4 is 5.32 Å². The number of benzene rings is 3. The van der Waals surface area contributed by atoms with Gasteiger partial charge in [0, 0.05) is 28.4 Å². The van der Waals surface area contributed by atoms with Crippen LogP contribution in [-0.2, 0) is 0 Å². The molecule has 1 aromatic heterocycles. The van der Waals surface area contributed by atoms with E-state index in [0.717, 1.165) is 20.8 Å². The summed E-state index contributed by atoms with van der Waals surface area (Å²) in [4.78, 5) is 27.7. The van der Waals surface area contributed by atoms with Gasteiger partial charge in [0.1, 0.15) is 5.01 Å². The Morgan fingerprint density at radius 3 is 2.52 bits per heavy atom. The van der Waals surface area contributed by atoms with Crippen LogP contribution in [0.3, 0.4) is 0 Å². The lowest BCUT2D eigenvalue weighted by Crippen LogP contribution is -2.12. The Morgan fingerprint density at radius 1 is 1.03 bits per heavy atom. The average Bonchev–Trinajstić information content (AvgIpc) is 3.11. The number of carbonyl (C=O) groups excluding carboxylic acids is 1. The number of carbonyl (C=O) groups is 1. The van der Waals surface area contributed by atoms with Gasteiger partial charge in [-0.25, -0.2) is 4.98 Å². The summed E-state index contributed by atoms with van der Waals surface area (Å²) in [6.45, 7) is 3.70. The summed E-state index contributed by atoms with van der Waals surface area (Å²) in [5.41, 5.74) is 4.43. The van der Waals surface area contributed by atoms with Crippen LogP contribution in [0.5, 0.6) is 0 Å². The summed E-state index contributed by atoms with van der Waals surface area (Å²) < 4.78 is 1.14. The number of nitro benzene ring substituents is 1.